The molecule has 1 aromatic heterocycles. The minimum atomic E-state index is -3.78. The first-order chi connectivity index (χ1) is 11.4. The molecule has 0 bridgehead atoms. The van der Waals surface area contributed by atoms with Crippen LogP contribution < -0.4 is 14.2 Å². The molecule has 0 aliphatic heterocycles. The summed E-state index contributed by atoms with van der Waals surface area (Å²) in [6.45, 7) is 0.156. The third kappa shape index (κ3) is 4.08. The van der Waals surface area contributed by atoms with Gasteiger partial charge in [-0.1, -0.05) is 0 Å². The van der Waals surface area contributed by atoms with Gasteiger partial charge < -0.3 is 13.9 Å². The lowest BCUT2D eigenvalue weighted by Gasteiger charge is -2.22. The largest absolute Gasteiger partial charge is 0.497 e. The molecule has 0 aliphatic carbocycles. The van der Waals surface area contributed by atoms with Crippen molar-refractivity contribution in [2.45, 2.75) is 10.9 Å². The van der Waals surface area contributed by atoms with E-state index in [2.05, 4.69) is 4.72 Å². The van der Waals surface area contributed by atoms with E-state index >= 15 is 0 Å². The molecule has 1 aromatic carbocycles. The van der Waals surface area contributed by atoms with Gasteiger partial charge >= 0.3 is 0 Å². The van der Waals surface area contributed by atoms with Gasteiger partial charge in [-0.3, -0.25) is 4.90 Å². The summed E-state index contributed by atoms with van der Waals surface area (Å²) in [5.41, 5.74) is 0. The van der Waals surface area contributed by atoms with E-state index < -0.39 is 10.0 Å². The predicted octanol–water partition coefficient (Wildman–Crippen LogP) is 1.88. The molecule has 0 saturated heterocycles. The van der Waals surface area contributed by atoms with Crippen molar-refractivity contribution in [3.8, 4) is 11.5 Å². The first-order valence-electron chi connectivity index (χ1n) is 7.30. The number of sulfonamides is 1. The van der Waals surface area contributed by atoms with Gasteiger partial charge in [-0.15, -0.1) is 0 Å². The molecule has 132 valence electrons. The Balaban J connectivity index is 2.25. The molecule has 7 nitrogen and oxygen atoms in total. The predicted molar refractivity (Wildman–Crippen MR) is 89.9 cm³/mol. The normalized spacial score (nSPS) is 13.0. The summed E-state index contributed by atoms with van der Waals surface area (Å²) in [4.78, 5) is 1.91. The fourth-order valence-corrected chi connectivity index (χ4v) is 3.50. The van der Waals surface area contributed by atoms with E-state index in [-0.39, 0.29) is 23.2 Å². The van der Waals surface area contributed by atoms with Crippen molar-refractivity contribution in [2.75, 3.05) is 34.9 Å². The molecule has 0 amide bonds. The zero-order valence-corrected chi connectivity index (χ0v) is 15.0. The maximum atomic E-state index is 12.7. The number of furan rings is 1. The van der Waals surface area contributed by atoms with Gasteiger partial charge in [0, 0.05) is 12.6 Å². The molecular formula is C16H22N2O5S. The molecule has 1 atom stereocenters. The number of ether oxygens (including phenoxy) is 2. The molecular weight excluding hydrogens is 332 g/mol. The third-order valence-corrected chi connectivity index (χ3v) is 5.07. The Morgan fingerprint density at radius 2 is 1.96 bits per heavy atom. The average molecular weight is 354 g/mol. The van der Waals surface area contributed by atoms with E-state index in [9.17, 15) is 8.42 Å². The molecule has 1 unspecified atom stereocenters. The zero-order valence-electron chi connectivity index (χ0n) is 14.1. The Labute approximate surface area is 142 Å². The van der Waals surface area contributed by atoms with Crippen LogP contribution in [0.5, 0.6) is 11.5 Å². The highest BCUT2D eigenvalue weighted by Gasteiger charge is 2.24. The van der Waals surface area contributed by atoms with Crippen molar-refractivity contribution in [1.29, 1.82) is 0 Å². The van der Waals surface area contributed by atoms with E-state index in [1.807, 2.05) is 25.1 Å². The second-order valence-electron chi connectivity index (χ2n) is 5.36. The Bertz CT molecular complexity index is 757. The van der Waals surface area contributed by atoms with Crippen molar-refractivity contribution in [2.24, 2.45) is 0 Å². The van der Waals surface area contributed by atoms with E-state index in [1.54, 1.807) is 24.5 Å². The number of benzene rings is 1. The quantitative estimate of drug-likeness (QED) is 0.779. The van der Waals surface area contributed by atoms with E-state index in [0.29, 0.717) is 11.5 Å². The van der Waals surface area contributed by atoms with E-state index in [1.165, 1.54) is 20.3 Å². The van der Waals surface area contributed by atoms with Crippen molar-refractivity contribution in [1.82, 2.24) is 9.62 Å². The second kappa shape index (κ2) is 7.69. The van der Waals surface area contributed by atoms with Crippen LogP contribution in [0.25, 0.3) is 0 Å². The van der Waals surface area contributed by atoms with Gasteiger partial charge in [0.25, 0.3) is 0 Å². The minimum absolute atomic E-state index is 0.0290. The van der Waals surface area contributed by atoms with Crippen LogP contribution >= 0.6 is 0 Å². The van der Waals surface area contributed by atoms with Crippen LogP contribution in [-0.2, 0) is 10.0 Å². The maximum absolute atomic E-state index is 12.7. The summed E-state index contributed by atoms with van der Waals surface area (Å²) in [6, 6.07) is 7.98. The molecule has 1 N–H and O–H groups in total. The number of nitrogens with zero attached hydrogens (tertiary/aromatic N) is 1. The average Bonchev–Trinajstić information content (AvgIpc) is 3.08. The van der Waals surface area contributed by atoms with Gasteiger partial charge in [-0.05, 0) is 38.4 Å². The molecule has 0 spiro atoms. The molecule has 0 fully saturated rings. The number of hydrogen-bond donors (Lipinski definition) is 1. The number of hydrogen-bond acceptors (Lipinski definition) is 6. The lowest BCUT2D eigenvalue weighted by atomic mass is 10.2. The van der Waals surface area contributed by atoms with Gasteiger partial charge in [-0.25, -0.2) is 13.1 Å². The molecule has 0 aliphatic rings. The highest BCUT2D eigenvalue weighted by Crippen LogP contribution is 2.28. The van der Waals surface area contributed by atoms with Gasteiger partial charge in [0.05, 0.1) is 26.5 Å². The monoisotopic (exact) mass is 354 g/mol. The summed E-state index contributed by atoms with van der Waals surface area (Å²) in [5, 5.41) is 0. The summed E-state index contributed by atoms with van der Waals surface area (Å²) >= 11 is 0. The molecule has 24 heavy (non-hydrogen) atoms. The van der Waals surface area contributed by atoms with Crippen molar-refractivity contribution in [3.05, 3.63) is 42.4 Å². The van der Waals surface area contributed by atoms with Crippen LogP contribution in [0.2, 0.25) is 0 Å². The Kier molecular flexibility index (Phi) is 5.87. The van der Waals surface area contributed by atoms with E-state index in [0.717, 1.165) is 0 Å². The first-order valence-corrected chi connectivity index (χ1v) is 8.79. The molecule has 8 heteroatoms. The molecule has 2 rings (SSSR count). The SMILES string of the molecule is COc1ccc(OC)c(S(=O)(=O)NCC(c2ccco2)N(C)C)c1. The highest BCUT2D eigenvalue weighted by molar-refractivity contribution is 7.89. The Hall–Kier alpha value is -2.03. The second-order valence-corrected chi connectivity index (χ2v) is 7.10. The van der Waals surface area contributed by atoms with Crippen LogP contribution in [0.4, 0.5) is 0 Å². The lowest BCUT2D eigenvalue weighted by molar-refractivity contribution is 0.259. The number of rotatable bonds is 8. The maximum Gasteiger partial charge on any atom is 0.244 e. The number of methoxy groups -OCH3 is 2. The highest BCUT2D eigenvalue weighted by atomic mass is 32.2. The van der Waals surface area contributed by atoms with Gasteiger partial charge in [0.15, 0.2) is 0 Å². The van der Waals surface area contributed by atoms with Crippen LogP contribution in [0, 0.1) is 0 Å². The minimum Gasteiger partial charge on any atom is -0.497 e. The molecule has 2 aromatic rings. The van der Waals surface area contributed by atoms with Crippen molar-refractivity contribution < 1.29 is 22.3 Å². The zero-order chi connectivity index (χ0) is 17.7. The van der Waals surface area contributed by atoms with Crippen molar-refractivity contribution in [3.63, 3.8) is 0 Å². The fourth-order valence-electron chi connectivity index (χ4n) is 2.28. The van der Waals surface area contributed by atoms with Gasteiger partial charge in [-0.2, -0.15) is 0 Å². The van der Waals surface area contributed by atoms with Crippen LogP contribution in [-0.4, -0.2) is 48.2 Å². The molecule has 0 radical (unpaired) electrons. The first kappa shape index (κ1) is 18.3. The van der Waals surface area contributed by atoms with Crippen LogP contribution in [0.3, 0.4) is 0 Å². The van der Waals surface area contributed by atoms with Crippen molar-refractivity contribution >= 4 is 10.0 Å². The number of nitrogens with one attached hydrogen (secondary N) is 1. The summed E-state index contributed by atoms with van der Waals surface area (Å²) in [5.74, 6) is 1.37. The number of likely N-dealkylation sites (N-methyl/N-ethyl adjacent to an activating group) is 1. The van der Waals surface area contributed by atoms with Gasteiger partial charge in [0.2, 0.25) is 10.0 Å². The van der Waals surface area contributed by atoms with Crippen LogP contribution in [0.15, 0.2) is 45.9 Å². The molecule has 0 saturated carbocycles. The lowest BCUT2D eigenvalue weighted by Crippen LogP contribution is -2.34. The van der Waals surface area contributed by atoms with Crippen LogP contribution in [0.1, 0.15) is 11.8 Å². The smallest absolute Gasteiger partial charge is 0.244 e. The Morgan fingerprint density at radius 1 is 1.21 bits per heavy atom. The third-order valence-electron chi connectivity index (χ3n) is 3.62. The summed E-state index contributed by atoms with van der Waals surface area (Å²) in [7, 11) is 2.83. The van der Waals surface area contributed by atoms with Gasteiger partial charge in [0.1, 0.15) is 22.2 Å². The fraction of sp³-hybridized carbons (Fsp3) is 0.375. The standard InChI is InChI=1S/C16H22N2O5S/c1-18(2)13(14-6-5-9-23-14)11-17-24(19,20)16-10-12(21-3)7-8-15(16)22-4/h5-10,13,17H,11H2,1-4H3. The summed E-state index contributed by atoms with van der Waals surface area (Å²) < 4.78 is 43.6. The molecule has 1 heterocycles. The Morgan fingerprint density at radius 3 is 2.50 bits per heavy atom. The summed E-state index contributed by atoms with van der Waals surface area (Å²) in [6.07, 6.45) is 1.56. The van der Waals surface area contributed by atoms with E-state index in [4.69, 9.17) is 13.9 Å². The topological polar surface area (TPSA) is 81.0 Å².